The van der Waals surface area contributed by atoms with Crippen molar-refractivity contribution < 1.29 is 53.0 Å². The number of carbonyl (C=O) groups is 9. The number of phenolic OH excluding ortho intramolecular Hbond substituents is 1. The van der Waals surface area contributed by atoms with Gasteiger partial charge in [0.15, 0.2) is 6.10 Å². The van der Waals surface area contributed by atoms with Gasteiger partial charge >= 0.3 is 5.97 Å². The molecule has 0 aliphatic carbocycles. The van der Waals surface area contributed by atoms with Crippen molar-refractivity contribution in [2.45, 2.75) is 130 Å². The van der Waals surface area contributed by atoms with Crippen LogP contribution in [0.15, 0.2) is 35.7 Å². The number of likely N-dealkylation sites (tertiary alicyclic amines) is 1. The SMILES string of the molecule is CC[C@H](C)[C@H](NC(=O)[C@H]1CCCCN1C)C(=O)N(C)[C@H](C[C@@H](OC(C)=O)c1nc(C(=O)N[C@@H](Cc2ccc(O)c(NC(=O)CCNC(=O)CCN3C(=O)C=CC3=O)c2)CC(C)C=O)cs1)C(C)C. The molecule has 1 aromatic carbocycles. The van der Waals surface area contributed by atoms with Crippen molar-refractivity contribution in [3.8, 4) is 5.75 Å². The third kappa shape index (κ3) is 15.8. The fourth-order valence-corrected chi connectivity index (χ4v) is 9.13. The molecule has 2 aliphatic rings. The summed E-state index contributed by atoms with van der Waals surface area (Å²) in [5.74, 6) is -4.47. The zero-order chi connectivity index (χ0) is 50.2. The minimum absolute atomic E-state index is 0.0454. The topological polar surface area (TPSA) is 254 Å². The molecule has 1 saturated heterocycles. The van der Waals surface area contributed by atoms with Gasteiger partial charge in [-0.25, -0.2) is 4.98 Å². The predicted molar refractivity (Wildman–Crippen MR) is 254 cm³/mol. The van der Waals surface area contributed by atoms with E-state index in [2.05, 4.69) is 26.3 Å². The Labute approximate surface area is 402 Å². The molecular formula is C48H68N8O11S. The molecule has 4 rings (SSSR count). The van der Waals surface area contributed by atoms with Crippen LogP contribution in [0.25, 0.3) is 0 Å². The zero-order valence-corrected chi connectivity index (χ0v) is 41.2. The number of thiazole rings is 1. The molecule has 3 heterocycles. The molecule has 7 atom stereocenters. The molecule has 372 valence electrons. The first-order chi connectivity index (χ1) is 32.2. The summed E-state index contributed by atoms with van der Waals surface area (Å²) in [6.07, 6.45) is 5.75. The minimum atomic E-state index is -0.918. The standard InChI is InChI=1S/C48H68N8O11S/c1-9-30(5)44(53-46(65)36-12-10-11-20-54(36)7)48(66)55(8)37(28(2)3)25-39(67-31(6)58)47-52-35(27-68-47)45(64)50-33(22-29(4)26-57)23-32-13-14-38(59)34(24-32)51-41(61)17-19-49-40(60)18-21-56-42(62)15-16-43(56)63/h13-16,24,26-30,33,36-37,39,44,59H,9-12,17-23,25H2,1-8H3,(H,49,60)(H,50,64)(H,51,61)(H,53,65)/t29?,30-,33+,36+,37+,39+,44-/m0/s1. The summed E-state index contributed by atoms with van der Waals surface area (Å²) in [4.78, 5) is 124. The van der Waals surface area contributed by atoms with Gasteiger partial charge in [-0.3, -0.25) is 48.2 Å². The van der Waals surface area contributed by atoms with Gasteiger partial charge in [0.2, 0.25) is 23.6 Å². The first-order valence-electron chi connectivity index (χ1n) is 23.3. The highest BCUT2D eigenvalue weighted by atomic mass is 32.1. The summed E-state index contributed by atoms with van der Waals surface area (Å²) >= 11 is 1.12. The highest BCUT2D eigenvalue weighted by Crippen LogP contribution is 2.32. The van der Waals surface area contributed by atoms with E-state index in [-0.39, 0.29) is 92.0 Å². The highest BCUT2D eigenvalue weighted by molar-refractivity contribution is 7.09. The molecule has 1 fully saturated rings. The van der Waals surface area contributed by atoms with Crippen LogP contribution in [0.1, 0.15) is 120 Å². The third-order valence-corrected chi connectivity index (χ3v) is 13.4. The molecule has 68 heavy (non-hydrogen) atoms. The van der Waals surface area contributed by atoms with E-state index in [1.54, 1.807) is 36.4 Å². The van der Waals surface area contributed by atoms with Crippen LogP contribution in [0.3, 0.4) is 0 Å². The number of likely N-dealkylation sites (N-methyl/N-ethyl adjacent to an activating group) is 2. The molecular weight excluding hydrogens is 897 g/mol. The van der Waals surface area contributed by atoms with Crippen molar-refractivity contribution in [2.24, 2.45) is 17.8 Å². The summed E-state index contributed by atoms with van der Waals surface area (Å²) in [7, 11) is 3.61. The smallest absolute Gasteiger partial charge is 0.303 e. The number of hydrogen-bond donors (Lipinski definition) is 5. The Hall–Kier alpha value is -6.02. The number of ether oxygens (including phenoxy) is 1. The fraction of sp³-hybridized carbons (Fsp3) is 0.583. The van der Waals surface area contributed by atoms with Crippen LogP contribution in [-0.2, 0) is 49.5 Å². The quantitative estimate of drug-likeness (QED) is 0.0413. The second kappa shape index (κ2) is 25.9. The van der Waals surface area contributed by atoms with E-state index in [9.17, 15) is 48.3 Å². The average molecular weight is 965 g/mol. The zero-order valence-electron chi connectivity index (χ0n) is 40.4. The Morgan fingerprint density at radius 1 is 1.00 bits per heavy atom. The number of nitrogens with zero attached hydrogens (tertiary/aromatic N) is 4. The number of nitrogens with one attached hydrogen (secondary N) is 4. The maximum absolute atomic E-state index is 14.3. The van der Waals surface area contributed by atoms with E-state index in [4.69, 9.17) is 4.74 Å². The second-order valence-corrected chi connectivity index (χ2v) is 19.1. The fourth-order valence-electron chi connectivity index (χ4n) is 8.29. The maximum Gasteiger partial charge on any atom is 0.303 e. The van der Waals surface area contributed by atoms with Crippen LogP contribution in [0.5, 0.6) is 5.75 Å². The van der Waals surface area contributed by atoms with Crippen LogP contribution in [-0.4, -0.2) is 136 Å². The molecule has 1 aromatic heterocycles. The van der Waals surface area contributed by atoms with Crippen LogP contribution in [0.4, 0.5) is 5.69 Å². The number of aromatic nitrogens is 1. The molecule has 2 aliphatic heterocycles. The number of hydrogen-bond acceptors (Lipinski definition) is 14. The Balaban J connectivity index is 1.42. The van der Waals surface area contributed by atoms with Crippen molar-refractivity contribution in [3.63, 3.8) is 0 Å². The summed E-state index contributed by atoms with van der Waals surface area (Å²) in [6.45, 7) is 11.5. The van der Waals surface area contributed by atoms with Crippen LogP contribution < -0.4 is 21.3 Å². The molecule has 1 unspecified atom stereocenters. The second-order valence-electron chi connectivity index (χ2n) is 18.2. The largest absolute Gasteiger partial charge is 0.506 e. The lowest BCUT2D eigenvalue weighted by Crippen LogP contribution is -2.58. The van der Waals surface area contributed by atoms with E-state index in [0.717, 1.165) is 60.5 Å². The van der Waals surface area contributed by atoms with E-state index >= 15 is 0 Å². The average Bonchev–Trinajstić information content (AvgIpc) is 3.92. The maximum atomic E-state index is 14.3. The summed E-state index contributed by atoms with van der Waals surface area (Å²) in [5.41, 5.74) is 0.745. The summed E-state index contributed by atoms with van der Waals surface area (Å²) < 4.78 is 5.80. The molecule has 19 nitrogen and oxygen atoms in total. The van der Waals surface area contributed by atoms with Gasteiger partial charge in [-0.1, -0.05) is 53.5 Å². The van der Waals surface area contributed by atoms with Gasteiger partial charge in [0.25, 0.3) is 17.7 Å². The number of rotatable bonds is 25. The van der Waals surface area contributed by atoms with Crippen LogP contribution in [0, 0.1) is 17.8 Å². The lowest BCUT2D eigenvalue weighted by molar-refractivity contribution is -0.149. The molecule has 0 spiro atoms. The Morgan fingerprint density at radius 3 is 2.34 bits per heavy atom. The van der Waals surface area contributed by atoms with Crippen LogP contribution >= 0.6 is 11.3 Å². The monoisotopic (exact) mass is 964 g/mol. The number of aromatic hydroxyl groups is 1. The number of imide groups is 1. The van der Waals surface area contributed by atoms with Gasteiger partial charge in [-0.15, -0.1) is 11.3 Å². The van der Waals surface area contributed by atoms with Gasteiger partial charge in [0.1, 0.15) is 28.8 Å². The van der Waals surface area contributed by atoms with E-state index < -0.39 is 65.7 Å². The lowest BCUT2D eigenvalue weighted by atomic mass is 9.92. The molecule has 0 radical (unpaired) electrons. The van der Waals surface area contributed by atoms with Gasteiger partial charge in [0.05, 0.1) is 11.7 Å². The minimum Gasteiger partial charge on any atom is -0.506 e. The van der Waals surface area contributed by atoms with E-state index in [1.165, 1.54) is 13.0 Å². The third-order valence-electron chi connectivity index (χ3n) is 12.4. The number of piperidine rings is 1. The van der Waals surface area contributed by atoms with Crippen molar-refractivity contribution in [1.29, 1.82) is 0 Å². The van der Waals surface area contributed by atoms with Gasteiger partial charge in [-0.2, -0.15) is 0 Å². The van der Waals surface area contributed by atoms with Gasteiger partial charge in [0, 0.05) is 81.9 Å². The number of aldehydes is 1. The number of anilines is 1. The number of esters is 1. The Kier molecular flexibility index (Phi) is 20.8. The molecule has 20 heteroatoms. The molecule has 2 aromatic rings. The molecule has 5 N–H and O–H groups in total. The van der Waals surface area contributed by atoms with Crippen molar-refractivity contribution in [1.82, 2.24) is 35.6 Å². The number of phenols is 1. The number of benzene rings is 1. The number of amides is 7. The summed E-state index contributed by atoms with van der Waals surface area (Å²) in [6, 6.07) is 2.39. The van der Waals surface area contributed by atoms with Crippen LogP contribution in [0.2, 0.25) is 0 Å². The van der Waals surface area contributed by atoms with Crippen molar-refractivity contribution >= 4 is 70.6 Å². The Bertz CT molecular complexity index is 2160. The van der Waals surface area contributed by atoms with E-state index in [1.807, 2.05) is 39.6 Å². The number of carbonyl (C=O) groups excluding carboxylic acids is 9. The van der Waals surface area contributed by atoms with Crippen molar-refractivity contribution in [3.05, 3.63) is 52.0 Å². The molecule has 0 bridgehead atoms. The normalized spacial score (nSPS) is 17.7. The molecule has 0 saturated carbocycles. The van der Waals surface area contributed by atoms with Gasteiger partial charge in [-0.05, 0) is 68.8 Å². The van der Waals surface area contributed by atoms with Crippen molar-refractivity contribution in [2.75, 3.05) is 39.0 Å². The first-order valence-corrected chi connectivity index (χ1v) is 24.2. The highest BCUT2D eigenvalue weighted by Gasteiger charge is 2.37. The van der Waals surface area contributed by atoms with E-state index in [0.29, 0.717) is 17.0 Å². The molecule has 7 amide bonds. The lowest BCUT2D eigenvalue weighted by Gasteiger charge is -2.38. The first kappa shape index (κ1) is 54.6. The summed E-state index contributed by atoms with van der Waals surface area (Å²) in [5, 5.41) is 23.7. The predicted octanol–water partition coefficient (Wildman–Crippen LogP) is 3.67. The van der Waals surface area contributed by atoms with Gasteiger partial charge < -0.3 is 40.8 Å². The Morgan fingerprint density at radius 2 is 1.71 bits per heavy atom.